The third kappa shape index (κ3) is 6.32. The summed E-state index contributed by atoms with van der Waals surface area (Å²) in [5, 5.41) is 12.1. The lowest BCUT2D eigenvalue weighted by Gasteiger charge is -2.08. The Morgan fingerprint density at radius 3 is 2.24 bits per heavy atom. The summed E-state index contributed by atoms with van der Waals surface area (Å²) < 4.78 is 0. The van der Waals surface area contributed by atoms with E-state index in [0.717, 1.165) is 36.0 Å². The van der Waals surface area contributed by atoms with Crippen LogP contribution in [-0.4, -0.2) is 17.0 Å². The molecule has 148 valence electrons. The van der Waals surface area contributed by atoms with Crippen molar-refractivity contribution in [1.29, 1.82) is 0 Å². The average Bonchev–Trinajstić information content (AvgIpc) is 2.76. The first-order valence-electron chi connectivity index (χ1n) is 9.85. The van der Waals surface area contributed by atoms with Crippen molar-refractivity contribution in [2.24, 2.45) is 0 Å². The van der Waals surface area contributed by atoms with Crippen LogP contribution in [0.25, 0.3) is 11.1 Å². The summed E-state index contributed by atoms with van der Waals surface area (Å²) in [6, 6.07) is 25.0. The average molecular weight is 387 g/mol. The summed E-state index contributed by atoms with van der Waals surface area (Å²) in [7, 11) is 0. The Labute approximate surface area is 171 Å². The Morgan fingerprint density at radius 2 is 1.52 bits per heavy atom. The molecule has 0 bridgehead atoms. The summed E-state index contributed by atoms with van der Waals surface area (Å²) in [5.41, 5.74) is 4.40. The maximum absolute atomic E-state index is 12.1. The molecule has 4 heteroatoms. The minimum Gasteiger partial charge on any atom is -0.478 e. The molecule has 0 fully saturated rings. The molecule has 0 saturated heterocycles. The lowest BCUT2D eigenvalue weighted by molar-refractivity contribution is -0.121. The number of aromatic carboxylic acids is 1. The molecule has 0 unspecified atom stereocenters. The maximum atomic E-state index is 12.1. The SMILES string of the molecule is O=C(CCCCc1ccccc1)NCc1ccc(-c2cccc(C(=O)O)c2)cc1. The summed E-state index contributed by atoms with van der Waals surface area (Å²) in [6.07, 6.45) is 3.41. The Bertz CT molecular complexity index is 949. The lowest BCUT2D eigenvalue weighted by atomic mass is 10.0. The van der Waals surface area contributed by atoms with Crippen molar-refractivity contribution in [3.05, 3.63) is 95.6 Å². The fraction of sp³-hybridized carbons (Fsp3) is 0.200. The van der Waals surface area contributed by atoms with Gasteiger partial charge in [0, 0.05) is 13.0 Å². The normalized spacial score (nSPS) is 10.5. The second kappa shape index (κ2) is 10.2. The van der Waals surface area contributed by atoms with E-state index in [9.17, 15) is 9.59 Å². The van der Waals surface area contributed by atoms with Gasteiger partial charge in [-0.15, -0.1) is 0 Å². The zero-order chi connectivity index (χ0) is 20.5. The van der Waals surface area contributed by atoms with Crippen molar-refractivity contribution in [1.82, 2.24) is 5.32 Å². The molecule has 0 aliphatic carbocycles. The highest BCUT2D eigenvalue weighted by Gasteiger charge is 2.06. The number of carbonyl (C=O) groups excluding carboxylic acids is 1. The highest BCUT2D eigenvalue weighted by atomic mass is 16.4. The molecular weight excluding hydrogens is 362 g/mol. The van der Waals surface area contributed by atoms with Crippen LogP contribution in [0.3, 0.4) is 0 Å². The van der Waals surface area contributed by atoms with Gasteiger partial charge in [0.2, 0.25) is 5.91 Å². The molecule has 0 aliphatic rings. The van der Waals surface area contributed by atoms with E-state index in [1.807, 2.05) is 48.5 Å². The van der Waals surface area contributed by atoms with E-state index in [1.54, 1.807) is 18.2 Å². The largest absolute Gasteiger partial charge is 0.478 e. The third-order valence-electron chi connectivity index (χ3n) is 4.85. The maximum Gasteiger partial charge on any atom is 0.335 e. The Kier molecular flexibility index (Phi) is 7.17. The molecule has 4 nitrogen and oxygen atoms in total. The number of hydrogen-bond donors (Lipinski definition) is 2. The van der Waals surface area contributed by atoms with Gasteiger partial charge < -0.3 is 10.4 Å². The topological polar surface area (TPSA) is 66.4 Å². The van der Waals surface area contributed by atoms with Gasteiger partial charge in [-0.2, -0.15) is 0 Å². The van der Waals surface area contributed by atoms with Crippen molar-refractivity contribution >= 4 is 11.9 Å². The summed E-state index contributed by atoms with van der Waals surface area (Å²) in [5.74, 6) is -0.869. The van der Waals surface area contributed by atoms with Crippen LogP contribution in [0.2, 0.25) is 0 Å². The number of amides is 1. The van der Waals surface area contributed by atoms with Crippen molar-refractivity contribution in [3.8, 4) is 11.1 Å². The highest BCUT2D eigenvalue weighted by Crippen LogP contribution is 2.21. The monoisotopic (exact) mass is 387 g/mol. The quantitative estimate of drug-likeness (QED) is 0.503. The van der Waals surface area contributed by atoms with Gasteiger partial charge in [0.05, 0.1) is 5.56 Å². The number of carbonyl (C=O) groups is 2. The van der Waals surface area contributed by atoms with E-state index in [1.165, 1.54) is 5.56 Å². The smallest absolute Gasteiger partial charge is 0.335 e. The van der Waals surface area contributed by atoms with Gasteiger partial charge in [-0.3, -0.25) is 4.79 Å². The second-order valence-electron chi connectivity index (χ2n) is 7.05. The van der Waals surface area contributed by atoms with E-state index in [0.29, 0.717) is 13.0 Å². The molecule has 2 N–H and O–H groups in total. The zero-order valence-electron chi connectivity index (χ0n) is 16.3. The number of carboxylic acid groups (broad SMARTS) is 1. The van der Waals surface area contributed by atoms with Crippen molar-refractivity contribution in [2.75, 3.05) is 0 Å². The minimum absolute atomic E-state index is 0.0660. The van der Waals surface area contributed by atoms with E-state index >= 15 is 0 Å². The predicted octanol–water partition coefficient (Wildman–Crippen LogP) is 5.08. The number of nitrogens with one attached hydrogen (secondary N) is 1. The molecule has 0 aliphatic heterocycles. The lowest BCUT2D eigenvalue weighted by Crippen LogP contribution is -2.22. The van der Waals surface area contributed by atoms with Crippen molar-refractivity contribution < 1.29 is 14.7 Å². The first-order chi connectivity index (χ1) is 14.1. The number of benzene rings is 3. The molecule has 1 amide bonds. The van der Waals surface area contributed by atoms with Gasteiger partial charge in [0.15, 0.2) is 0 Å². The zero-order valence-corrected chi connectivity index (χ0v) is 16.3. The summed E-state index contributed by atoms with van der Waals surface area (Å²) >= 11 is 0. The molecule has 29 heavy (non-hydrogen) atoms. The highest BCUT2D eigenvalue weighted by molar-refractivity contribution is 5.89. The van der Waals surface area contributed by atoms with Gasteiger partial charge in [-0.05, 0) is 53.6 Å². The Hall–Kier alpha value is -3.40. The van der Waals surface area contributed by atoms with E-state index < -0.39 is 5.97 Å². The number of hydrogen-bond acceptors (Lipinski definition) is 2. The van der Waals surface area contributed by atoms with E-state index in [2.05, 4.69) is 17.4 Å². The number of rotatable bonds is 9. The second-order valence-corrected chi connectivity index (χ2v) is 7.05. The van der Waals surface area contributed by atoms with Crippen LogP contribution >= 0.6 is 0 Å². The summed E-state index contributed by atoms with van der Waals surface area (Å²) in [6.45, 7) is 0.493. The van der Waals surface area contributed by atoms with Crippen LogP contribution in [0.5, 0.6) is 0 Å². The van der Waals surface area contributed by atoms with Gasteiger partial charge in [0.25, 0.3) is 0 Å². The fourth-order valence-electron chi connectivity index (χ4n) is 3.20. The summed E-state index contributed by atoms with van der Waals surface area (Å²) in [4.78, 5) is 23.2. The van der Waals surface area contributed by atoms with E-state index in [-0.39, 0.29) is 11.5 Å². The predicted molar refractivity (Wildman–Crippen MR) is 115 cm³/mol. The minimum atomic E-state index is -0.935. The molecule has 0 spiro atoms. The first kappa shape index (κ1) is 20.3. The van der Waals surface area contributed by atoms with Crippen LogP contribution in [0.1, 0.15) is 40.7 Å². The Morgan fingerprint density at radius 1 is 0.759 bits per heavy atom. The van der Waals surface area contributed by atoms with Gasteiger partial charge in [-0.1, -0.05) is 66.7 Å². The molecule has 0 aromatic heterocycles. The van der Waals surface area contributed by atoms with Crippen LogP contribution in [-0.2, 0) is 17.8 Å². The number of carboxylic acids is 1. The van der Waals surface area contributed by atoms with Crippen LogP contribution in [0, 0.1) is 0 Å². The third-order valence-corrected chi connectivity index (χ3v) is 4.85. The molecule has 3 aromatic carbocycles. The van der Waals surface area contributed by atoms with Crippen molar-refractivity contribution in [2.45, 2.75) is 32.2 Å². The number of unbranched alkanes of at least 4 members (excludes halogenated alkanes) is 1. The molecule has 3 aromatic rings. The van der Waals surface area contributed by atoms with Crippen LogP contribution in [0.15, 0.2) is 78.9 Å². The van der Waals surface area contributed by atoms with Crippen LogP contribution in [0.4, 0.5) is 0 Å². The molecule has 3 rings (SSSR count). The molecule has 0 atom stereocenters. The molecule has 0 radical (unpaired) electrons. The number of aryl methyl sites for hydroxylation is 1. The van der Waals surface area contributed by atoms with E-state index in [4.69, 9.17) is 5.11 Å². The fourth-order valence-corrected chi connectivity index (χ4v) is 3.20. The Balaban J connectivity index is 1.43. The van der Waals surface area contributed by atoms with Crippen molar-refractivity contribution in [3.63, 3.8) is 0 Å². The molecule has 0 heterocycles. The standard InChI is InChI=1S/C25H25NO3/c27-24(12-5-4-9-19-7-2-1-3-8-19)26-18-20-13-15-21(16-14-20)22-10-6-11-23(17-22)25(28)29/h1-3,6-8,10-11,13-17H,4-5,9,12,18H2,(H,26,27)(H,28,29). The molecular formula is C25H25NO3. The van der Waals surface area contributed by atoms with Crippen LogP contribution < -0.4 is 5.32 Å². The van der Waals surface area contributed by atoms with Gasteiger partial charge >= 0.3 is 5.97 Å². The first-order valence-corrected chi connectivity index (χ1v) is 9.85. The van der Waals surface area contributed by atoms with Gasteiger partial charge in [0.1, 0.15) is 0 Å². The van der Waals surface area contributed by atoms with Gasteiger partial charge in [-0.25, -0.2) is 4.79 Å². The molecule has 0 saturated carbocycles.